The van der Waals surface area contributed by atoms with E-state index in [2.05, 4.69) is 21.2 Å². The van der Waals surface area contributed by atoms with Crippen molar-refractivity contribution in [2.75, 3.05) is 7.11 Å². The summed E-state index contributed by atoms with van der Waals surface area (Å²) in [5, 5.41) is 17.2. The van der Waals surface area contributed by atoms with Crippen LogP contribution in [0, 0.1) is 0 Å². The van der Waals surface area contributed by atoms with E-state index in [4.69, 9.17) is 9.88 Å². The third-order valence-electron chi connectivity index (χ3n) is 2.83. The van der Waals surface area contributed by atoms with Crippen LogP contribution < -0.4 is 15.2 Å². The number of nitrogens with one attached hydrogen (secondary N) is 1. The maximum atomic E-state index is 12.1. The van der Waals surface area contributed by atoms with Crippen LogP contribution in [0.1, 0.15) is 15.2 Å². The summed E-state index contributed by atoms with van der Waals surface area (Å²) in [6.45, 7) is 0.211. The van der Waals surface area contributed by atoms with Gasteiger partial charge in [0.2, 0.25) is 0 Å². The van der Waals surface area contributed by atoms with Gasteiger partial charge in [0.1, 0.15) is 5.75 Å². The highest BCUT2D eigenvalue weighted by Gasteiger charge is 2.22. The minimum Gasteiger partial charge on any atom is -0.507 e. The summed E-state index contributed by atoms with van der Waals surface area (Å²) in [6, 6.07) is 6.15. The number of halogens is 1. The van der Waals surface area contributed by atoms with Crippen molar-refractivity contribution in [1.82, 2.24) is 5.32 Å². The smallest absolute Gasteiger partial charge is 0.261 e. The molecule has 0 fully saturated rings. The molecule has 0 saturated carbocycles. The lowest BCUT2D eigenvalue weighted by Gasteiger charge is -2.05. The highest BCUT2D eigenvalue weighted by molar-refractivity contribution is 9.10. The number of phenols is 1. The molecule has 0 aliphatic carbocycles. The van der Waals surface area contributed by atoms with E-state index in [-0.39, 0.29) is 27.1 Å². The van der Waals surface area contributed by atoms with Crippen molar-refractivity contribution in [2.45, 2.75) is 10.8 Å². The molecule has 1 amide bonds. The van der Waals surface area contributed by atoms with Gasteiger partial charge in [0.25, 0.3) is 15.9 Å². The van der Waals surface area contributed by atoms with Crippen LogP contribution in [0.15, 0.2) is 32.9 Å². The van der Waals surface area contributed by atoms with Gasteiger partial charge < -0.3 is 15.2 Å². The molecule has 1 aromatic heterocycles. The van der Waals surface area contributed by atoms with Crippen LogP contribution in [-0.4, -0.2) is 26.5 Å². The summed E-state index contributed by atoms with van der Waals surface area (Å²) in [5.41, 5.74) is 0.762. The Bertz CT molecular complexity index is 848. The molecular formula is C13H13BrN2O5S2. The average molecular weight is 421 g/mol. The molecule has 4 N–H and O–H groups in total. The summed E-state index contributed by atoms with van der Waals surface area (Å²) < 4.78 is 28.1. The van der Waals surface area contributed by atoms with Crippen LogP contribution in [0.25, 0.3) is 0 Å². The van der Waals surface area contributed by atoms with E-state index in [9.17, 15) is 18.3 Å². The number of phenolic OH excluding ortho intramolecular Hbond substituents is 1. The fraction of sp³-hybridized carbons (Fsp3) is 0.154. The number of ether oxygens (including phenoxy) is 1. The highest BCUT2D eigenvalue weighted by Crippen LogP contribution is 2.32. The van der Waals surface area contributed by atoms with Crippen molar-refractivity contribution in [1.29, 1.82) is 0 Å². The van der Waals surface area contributed by atoms with E-state index < -0.39 is 15.9 Å². The van der Waals surface area contributed by atoms with E-state index in [1.54, 1.807) is 12.1 Å². The fourth-order valence-corrected chi connectivity index (χ4v) is 4.10. The molecule has 0 spiro atoms. The lowest BCUT2D eigenvalue weighted by atomic mass is 10.2. The first-order chi connectivity index (χ1) is 10.7. The van der Waals surface area contributed by atoms with Crippen molar-refractivity contribution < 1.29 is 23.1 Å². The van der Waals surface area contributed by atoms with Gasteiger partial charge in [0.05, 0.1) is 16.5 Å². The molecule has 0 radical (unpaired) electrons. The van der Waals surface area contributed by atoms with Crippen LogP contribution in [0.2, 0.25) is 0 Å². The number of primary sulfonamides is 1. The first kappa shape index (κ1) is 17.7. The summed E-state index contributed by atoms with van der Waals surface area (Å²) in [5.74, 6) is -0.316. The van der Waals surface area contributed by atoms with Crippen LogP contribution >= 0.6 is 27.3 Å². The summed E-state index contributed by atoms with van der Waals surface area (Å²) in [4.78, 5) is 12.3. The fourth-order valence-electron chi connectivity index (χ4n) is 1.74. The normalized spacial score (nSPS) is 11.3. The second-order valence-corrected chi connectivity index (χ2v) is 8.14. The molecule has 0 bridgehead atoms. The summed E-state index contributed by atoms with van der Waals surface area (Å²) in [6.07, 6.45) is 0. The quantitative estimate of drug-likeness (QED) is 0.681. The number of thiophene rings is 1. The average Bonchev–Trinajstić information content (AvgIpc) is 2.92. The molecule has 23 heavy (non-hydrogen) atoms. The minimum absolute atomic E-state index is 0.0371. The molecular weight excluding hydrogens is 408 g/mol. The number of amides is 1. The van der Waals surface area contributed by atoms with Gasteiger partial charge in [-0.1, -0.05) is 6.07 Å². The molecule has 7 nitrogen and oxygen atoms in total. The zero-order chi connectivity index (χ0) is 17.2. The van der Waals surface area contributed by atoms with Crippen LogP contribution in [0.3, 0.4) is 0 Å². The van der Waals surface area contributed by atoms with Crippen LogP contribution in [0.5, 0.6) is 11.5 Å². The second-order valence-electron chi connectivity index (χ2n) is 4.48. The number of sulfonamides is 1. The predicted octanol–water partition coefficient (Wildman–Crippen LogP) is 1.80. The van der Waals surface area contributed by atoms with Gasteiger partial charge in [-0.3, -0.25) is 4.79 Å². The summed E-state index contributed by atoms with van der Waals surface area (Å²) in [7, 11) is -2.66. The monoisotopic (exact) mass is 420 g/mol. The van der Waals surface area contributed by atoms with Gasteiger partial charge in [0, 0.05) is 12.6 Å². The number of nitrogens with two attached hydrogens (primary N) is 1. The molecule has 2 rings (SSSR count). The molecule has 124 valence electrons. The zero-order valence-electron chi connectivity index (χ0n) is 11.9. The minimum atomic E-state index is -3.96. The maximum absolute atomic E-state index is 12.1. The van der Waals surface area contributed by atoms with E-state index in [0.29, 0.717) is 4.47 Å². The van der Waals surface area contributed by atoms with Crippen molar-refractivity contribution in [2.24, 2.45) is 5.14 Å². The largest absolute Gasteiger partial charge is 0.507 e. The molecule has 1 aromatic carbocycles. The van der Waals surface area contributed by atoms with Crippen LogP contribution in [-0.2, 0) is 16.6 Å². The molecule has 0 aliphatic heterocycles. The number of benzene rings is 1. The van der Waals surface area contributed by atoms with Gasteiger partial charge >= 0.3 is 0 Å². The van der Waals surface area contributed by atoms with Gasteiger partial charge in [-0.2, -0.15) is 0 Å². The Morgan fingerprint density at radius 3 is 2.65 bits per heavy atom. The first-order valence-corrected chi connectivity index (χ1v) is 9.34. The molecule has 0 unspecified atom stereocenters. The van der Waals surface area contributed by atoms with Gasteiger partial charge in [-0.25, -0.2) is 13.6 Å². The molecule has 10 heteroatoms. The molecule has 1 heterocycles. The number of aromatic hydroxyl groups is 1. The lowest BCUT2D eigenvalue weighted by Crippen LogP contribution is -2.21. The van der Waals surface area contributed by atoms with Crippen molar-refractivity contribution in [3.63, 3.8) is 0 Å². The number of rotatable bonds is 5. The number of carbonyl (C=O) groups is 1. The Hall–Kier alpha value is -1.62. The highest BCUT2D eigenvalue weighted by atomic mass is 79.9. The van der Waals surface area contributed by atoms with E-state index >= 15 is 0 Å². The topological polar surface area (TPSA) is 119 Å². The standard InChI is InChI=1S/C13H13BrN2O5S2/c1-21-10-5-11(22-13(10)23(15,19)20)12(18)16-6-7-2-3-9(17)8(14)4-7/h2-5,17H,6H2,1H3,(H,16,18)(H2,15,19,20). The Morgan fingerprint density at radius 2 is 2.13 bits per heavy atom. The SMILES string of the molecule is COc1cc(C(=O)NCc2ccc(O)c(Br)c2)sc1S(N)(=O)=O. The first-order valence-electron chi connectivity index (χ1n) is 6.18. The van der Waals surface area contributed by atoms with Gasteiger partial charge in [-0.15, -0.1) is 11.3 Å². The molecule has 0 atom stereocenters. The molecule has 0 aliphatic rings. The number of carbonyl (C=O) groups excluding carboxylic acids is 1. The van der Waals surface area contributed by atoms with Gasteiger partial charge in [-0.05, 0) is 33.6 Å². The third kappa shape index (κ3) is 4.22. The van der Waals surface area contributed by atoms with Crippen molar-refractivity contribution in [3.05, 3.63) is 39.2 Å². The van der Waals surface area contributed by atoms with Crippen LogP contribution in [0.4, 0.5) is 0 Å². The van der Waals surface area contributed by atoms with Crippen molar-refractivity contribution >= 4 is 43.2 Å². The third-order valence-corrected chi connectivity index (χ3v) is 6.04. The number of hydrogen-bond donors (Lipinski definition) is 3. The Morgan fingerprint density at radius 1 is 1.43 bits per heavy atom. The number of methoxy groups -OCH3 is 1. The Kier molecular flexibility index (Phi) is 5.30. The Labute approximate surface area is 145 Å². The van der Waals surface area contributed by atoms with E-state index in [0.717, 1.165) is 16.9 Å². The van der Waals surface area contributed by atoms with E-state index in [1.807, 2.05) is 0 Å². The Balaban J connectivity index is 2.15. The second kappa shape index (κ2) is 6.87. The van der Waals surface area contributed by atoms with Crippen molar-refractivity contribution in [3.8, 4) is 11.5 Å². The molecule has 2 aromatic rings. The van der Waals surface area contributed by atoms with Gasteiger partial charge in [0.15, 0.2) is 9.96 Å². The summed E-state index contributed by atoms with van der Waals surface area (Å²) >= 11 is 3.92. The van der Waals surface area contributed by atoms with E-state index in [1.165, 1.54) is 19.2 Å². The predicted molar refractivity (Wildman–Crippen MR) is 89.2 cm³/mol. The molecule has 0 saturated heterocycles. The maximum Gasteiger partial charge on any atom is 0.261 e. The zero-order valence-corrected chi connectivity index (χ0v) is 15.1. The lowest BCUT2D eigenvalue weighted by molar-refractivity contribution is 0.0954. The number of hydrogen-bond acceptors (Lipinski definition) is 6.